The van der Waals surface area contributed by atoms with Gasteiger partial charge in [-0.05, 0) is 6.92 Å². The van der Waals surface area contributed by atoms with Crippen molar-refractivity contribution in [2.45, 2.75) is 19.9 Å². The molecule has 100 valence electrons. The second-order valence-corrected chi connectivity index (χ2v) is 4.76. The Labute approximate surface area is 114 Å². The Morgan fingerprint density at radius 2 is 2.21 bits per heavy atom. The van der Waals surface area contributed by atoms with Crippen molar-refractivity contribution in [3.05, 3.63) is 34.9 Å². The molecule has 0 unspecified atom stereocenters. The molecule has 0 amide bonds. The fraction of sp³-hybridized carbons (Fsp3) is 0.333. The maximum Gasteiger partial charge on any atom is 0.311 e. The lowest BCUT2D eigenvalue weighted by atomic mass is 10.3. The number of aromatic nitrogens is 3. The van der Waals surface area contributed by atoms with Crippen LogP contribution >= 0.6 is 11.3 Å². The van der Waals surface area contributed by atoms with Crippen LogP contribution in [0.25, 0.3) is 0 Å². The Hall–Kier alpha value is -2.02. The number of nitrogens with zero attached hydrogens (tertiary/aromatic N) is 3. The molecule has 0 saturated carbocycles. The molecule has 2 rings (SSSR count). The molecular formula is C12H14N4O2S. The van der Waals surface area contributed by atoms with Gasteiger partial charge in [0, 0.05) is 11.6 Å². The summed E-state index contributed by atoms with van der Waals surface area (Å²) < 4.78 is 4.59. The monoisotopic (exact) mass is 278 g/mol. The second-order valence-electron chi connectivity index (χ2n) is 3.90. The van der Waals surface area contributed by atoms with Crippen LogP contribution in [0.2, 0.25) is 0 Å². The number of aryl methyl sites for hydroxylation is 1. The van der Waals surface area contributed by atoms with Gasteiger partial charge in [-0.25, -0.2) is 4.98 Å². The SMILES string of the molecule is COC(=O)Cc1csc(NCc2cnc(C)cn2)n1. The van der Waals surface area contributed by atoms with E-state index >= 15 is 0 Å². The quantitative estimate of drug-likeness (QED) is 0.837. The maximum absolute atomic E-state index is 11.1. The molecule has 2 aromatic rings. The molecule has 0 saturated heterocycles. The number of thiazole rings is 1. The normalized spacial score (nSPS) is 10.2. The van der Waals surface area contributed by atoms with E-state index in [9.17, 15) is 4.79 Å². The Kier molecular flexibility index (Phi) is 4.40. The first kappa shape index (κ1) is 13.4. The molecule has 0 aliphatic carbocycles. The number of nitrogens with one attached hydrogen (secondary N) is 1. The standard InChI is InChI=1S/C12H14N4O2S/c1-8-4-14-10(5-13-8)6-15-12-16-9(7-19-12)3-11(17)18-2/h4-5,7H,3,6H2,1-2H3,(H,15,16). The summed E-state index contributed by atoms with van der Waals surface area (Å²) in [5.41, 5.74) is 2.43. The zero-order valence-corrected chi connectivity index (χ0v) is 11.5. The molecule has 19 heavy (non-hydrogen) atoms. The maximum atomic E-state index is 11.1. The summed E-state index contributed by atoms with van der Waals surface area (Å²) in [6, 6.07) is 0. The number of methoxy groups -OCH3 is 1. The summed E-state index contributed by atoms with van der Waals surface area (Å²) in [6.45, 7) is 2.45. The van der Waals surface area contributed by atoms with Crippen molar-refractivity contribution in [1.82, 2.24) is 15.0 Å². The highest BCUT2D eigenvalue weighted by molar-refractivity contribution is 7.13. The van der Waals surface area contributed by atoms with Gasteiger partial charge in [-0.3, -0.25) is 14.8 Å². The zero-order chi connectivity index (χ0) is 13.7. The minimum Gasteiger partial charge on any atom is -0.469 e. The number of anilines is 1. The first-order valence-corrected chi connectivity index (χ1v) is 6.58. The van der Waals surface area contributed by atoms with Gasteiger partial charge < -0.3 is 10.1 Å². The van der Waals surface area contributed by atoms with Crippen molar-refractivity contribution in [3.63, 3.8) is 0 Å². The summed E-state index contributed by atoms with van der Waals surface area (Å²) >= 11 is 1.45. The van der Waals surface area contributed by atoms with Gasteiger partial charge >= 0.3 is 5.97 Å². The number of rotatable bonds is 5. The summed E-state index contributed by atoms with van der Waals surface area (Å²) in [7, 11) is 1.37. The van der Waals surface area contributed by atoms with E-state index in [-0.39, 0.29) is 12.4 Å². The molecule has 0 fully saturated rings. The van der Waals surface area contributed by atoms with Crippen LogP contribution in [0, 0.1) is 6.92 Å². The molecule has 0 atom stereocenters. The third kappa shape index (κ3) is 3.99. The number of esters is 1. The van der Waals surface area contributed by atoms with Crippen LogP contribution in [0.3, 0.4) is 0 Å². The van der Waals surface area contributed by atoms with Crippen molar-refractivity contribution >= 4 is 22.4 Å². The van der Waals surface area contributed by atoms with Crippen molar-refractivity contribution in [2.24, 2.45) is 0 Å². The highest BCUT2D eigenvalue weighted by Crippen LogP contribution is 2.16. The average molecular weight is 278 g/mol. The number of ether oxygens (including phenoxy) is 1. The van der Waals surface area contributed by atoms with E-state index in [4.69, 9.17) is 0 Å². The fourth-order valence-electron chi connectivity index (χ4n) is 1.37. The predicted octanol–water partition coefficient (Wildman–Crippen LogP) is 1.57. The molecule has 2 aromatic heterocycles. The van der Waals surface area contributed by atoms with Gasteiger partial charge in [-0.15, -0.1) is 11.3 Å². The second kappa shape index (κ2) is 6.24. The fourth-order valence-corrected chi connectivity index (χ4v) is 2.08. The molecule has 0 aliphatic rings. The van der Waals surface area contributed by atoms with E-state index in [0.717, 1.165) is 16.5 Å². The van der Waals surface area contributed by atoms with Crippen LogP contribution in [0.5, 0.6) is 0 Å². The Morgan fingerprint density at radius 1 is 1.37 bits per heavy atom. The highest BCUT2D eigenvalue weighted by Gasteiger charge is 2.07. The first-order valence-electron chi connectivity index (χ1n) is 5.70. The third-order valence-corrected chi connectivity index (χ3v) is 3.21. The van der Waals surface area contributed by atoms with Crippen LogP contribution in [0.4, 0.5) is 5.13 Å². The molecule has 6 nitrogen and oxygen atoms in total. The average Bonchev–Trinajstić information content (AvgIpc) is 2.85. The van der Waals surface area contributed by atoms with Crippen molar-refractivity contribution in [3.8, 4) is 0 Å². The molecule has 0 bridgehead atoms. The Balaban J connectivity index is 1.89. The minimum atomic E-state index is -0.291. The summed E-state index contributed by atoms with van der Waals surface area (Å²) in [6.07, 6.45) is 3.64. The lowest BCUT2D eigenvalue weighted by molar-refractivity contribution is -0.139. The largest absolute Gasteiger partial charge is 0.469 e. The van der Waals surface area contributed by atoms with E-state index in [0.29, 0.717) is 12.2 Å². The highest BCUT2D eigenvalue weighted by atomic mass is 32.1. The van der Waals surface area contributed by atoms with Crippen LogP contribution in [0.15, 0.2) is 17.8 Å². The van der Waals surface area contributed by atoms with E-state index in [1.54, 1.807) is 12.4 Å². The lowest BCUT2D eigenvalue weighted by Gasteiger charge is -2.01. The zero-order valence-electron chi connectivity index (χ0n) is 10.7. The van der Waals surface area contributed by atoms with E-state index in [2.05, 4.69) is 25.0 Å². The van der Waals surface area contributed by atoms with E-state index < -0.39 is 0 Å². The minimum absolute atomic E-state index is 0.193. The first-order chi connectivity index (χ1) is 9.17. The van der Waals surface area contributed by atoms with Crippen molar-refractivity contribution < 1.29 is 9.53 Å². The van der Waals surface area contributed by atoms with Crippen LogP contribution in [-0.2, 0) is 22.5 Å². The van der Waals surface area contributed by atoms with Gasteiger partial charge in [0.1, 0.15) is 0 Å². The van der Waals surface area contributed by atoms with Crippen LogP contribution in [0.1, 0.15) is 17.1 Å². The third-order valence-electron chi connectivity index (χ3n) is 2.36. The van der Waals surface area contributed by atoms with Crippen LogP contribution < -0.4 is 5.32 Å². The summed E-state index contributed by atoms with van der Waals surface area (Å²) in [5, 5.41) is 5.73. The molecule has 0 aromatic carbocycles. The van der Waals surface area contributed by atoms with E-state index in [1.807, 2.05) is 12.3 Å². The molecule has 2 heterocycles. The summed E-state index contributed by atoms with van der Waals surface area (Å²) in [5.74, 6) is -0.291. The summed E-state index contributed by atoms with van der Waals surface area (Å²) in [4.78, 5) is 23.8. The van der Waals surface area contributed by atoms with Crippen molar-refractivity contribution in [1.29, 1.82) is 0 Å². The van der Waals surface area contributed by atoms with Gasteiger partial charge in [-0.2, -0.15) is 0 Å². The molecule has 0 radical (unpaired) electrons. The smallest absolute Gasteiger partial charge is 0.311 e. The number of hydrogen-bond donors (Lipinski definition) is 1. The topological polar surface area (TPSA) is 77.0 Å². The lowest BCUT2D eigenvalue weighted by Crippen LogP contribution is -2.05. The Bertz CT molecular complexity index is 553. The number of carbonyl (C=O) groups excluding carboxylic acids is 1. The van der Waals surface area contributed by atoms with Gasteiger partial charge in [0.05, 0.1) is 43.4 Å². The number of hydrogen-bond acceptors (Lipinski definition) is 7. The van der Waals surface area contributed by atoms with Crippen molar-refractivity contribution in [2.75, 3.05) is 12.4 Å². The van der Waals surface area contributed by atoms with Gasteiger partial charge in [0.15, 0.2) is 5.13 Å². The Morgan fingerprint density at radius 3 is 2.89 bits per heavy atom. The predicted molar refractivity (Wildman–Crippen MR) is 71.9 cm³/mol. The van der Waals surface area contributed by atoms with E-state index in [1.165, 1.54) is 18.4 Å². The molecular weight excluding hydrogens is 264 g/mol. The van der Waals surface area contributed by atoms with Gasteiger partial charge in [-0.1, -0.05) is 0 Å². The molecule has 0 spiro atoms. The molecule has 7 heteroatoms. The molecule has 1 N–H and O–H groups in total. The van der Waals surface area contributed by atoms with Gasteiger partial charge in [0.25, 0.3) is 0 Å². The number of carbonyl (C=O) groups is 1. The molecule has 0 aliphatic heterocycles. The van der Waals surface area contributed by atoms with Gasteiger partial charge in [0.2, 0.25) is 0 Å². The van der Waals surface area contributed by atoms with Crippen LogP contribution in [-0.4, -0.2) is 28.0 Å².